The minimum Gasteiger partial charge on any atom is -0.454 e. The number of Topliss-reactive ketones (excluding diaryl/α,β-unsaturated/α-hetero) is 1. The lowest BCUT2D eigenvalue weighted by Crippen LogP contribution is -2.20. The van der Waals surface area contributed by atoms with E-state index in [9.17, 15) is 22.8 Å². The summed E-state index contributed by atoms with van der Waals surface area (Å²) in [4.78, 5) is 23.9. The summed E-state index contributed by atoms with van der Waals surface area (Å²) in [5.41, 5.74) is 0.794. The molecule has 2 rings (SSSR count). The summed E-state index contributed by atoms with van der Waals surface area (Å²) >= 11 is 0. The summed E-state index contributed by atoms with van der Waals surface area (Å²) in [6, 6.07) is 1.36. The van der Waals surface area contributed by atoms with Crippen LogP contribution in [0.25, 0.3) is 0 Å². The summed E-state index contributed by atoms with van der Waals surface area (Å²) < 4.78 is 45.0. The molecule has 0 radical (unpaired) electrons. The molecule has 0 saturated carbocycles. The minimum absolute atomic E-state index is 0.107. The molecule has 0 aliphatic rings. The molecule has 0 aliphatic carbocycles. The molecule has 0 spiro atoms. The topological polar surface area (TPSA) is 66.1 Å². The zero-order valence-corrected chi connectivity index (χ0v) is 13.3. The van der Waals surface area contributed by atoms with Crippen LogP contribution in [0.5, 0.6) is 0 Å². The molecule has 0 aromatic carbocycles. The third-order valence-electron chi connectivity index (χ3n) is 3.49. The average Bonchev–Trinajstić information content (AvgIpc) is 3.02. The normalized spacial score (nSPS) is 11.6. The molecule has 0 atom stereocenters. The van der Waals surface area contributed by atoms with Gasteiger partial charge in [0.15, 0.2) is 6.61 Å². The number of alkyl halides is 3. The summed E-state index contributed by atoms with van der Waals surface area (Å²) in [7, 11) is 1.62. The Bertz CT molecular complexity index is 775. The van der Waals surface area contributed by atoms with Gasteiger partial charge in [-0.2, -0.15) is 18.3 Å². The molecule has 2 aromatic heterocycles. The largest absolute Gasteiger partial charge is 0.454 e. The maximum atomic E-state index is 12.6. The highest BCUT2D eigenvalue weighted by atomic mass is 19.4. The molecule has 6 nitrogen and oxygen atoms in total. The van der Waals surface area contributed by atoms with E-state index >= 15 is 0 Å². The maximum absolute atomic E-state index is 12.6. The van der Waals surface area contributed by atoms with Crippen molar-refractivity contribution >= 4 is 11.8 Å². The Morgan fingerprint density at radius 3 is 2.50 bits per heavy atom. The molecule has 0 saturated heterocycles. The van der Waals surface area contributed by atoms with E-state index < -0.39 is 31.1 Å². The van der Waals surface area contributed by atoms with Crippen molar-refractivity contribution in [1.82, 2.24) is 14.3 Å². The summed E-state index contributed by atoms with van der Waals surface area (Å²) in [6.45, 7) is 1.18. The first kappa shape index (κ1) is 17.8. The van der Waals surface area contributed by atoms with Gasteiger partial charge in [-0.15, -0.1) is 0 Å². The highest BCUT2D eigenvalue weighted by Crippen LogP contribution is 2.23. The van der Waals surface area contributed by atoms with Crippen LogP contribution in [0.2, 0.25) is 0 Å². The van der Waals surface area contributed by atoms with Crippen LogP contribution in [0.4, 0.5) is 13.2 Å². The van der Waals surface area contributed by atoms with E-state index in [-0.39, 0.29) is 16.8 Å². The van der Waals surface area contributed by atoms with Crippen LogP contribution in [0, 0.1) is 13.8 Å². The first-order valence-electron chi connectivity index (χ1n) is 7.01. The van der Waals surface area contributed by atoms with E-state index in [4.69, 9.17) is 4.74 Å². The lowest BCUT2D eigenvalue weighted by Gasteiger charge is -2.12. The molecule has 24 heavy (non-hydrogen) atoms. The smallest absolute Gasteiger partial charge is 0.406 e. The first-order valence-corrected chi connectivity index (χ1v) is 7.01. The number of ketones is 1. The van der Waals surface area contributed by atoms with Crippen molar-refractivity contribution in [2.75, 3.05) is 6.61 Å². The van der Waals surface area contributed by atoms with Crippen molar-refractivity contribution in [3.05, 3.63) is 41.0 Å². The Kier molecular flexibility index (Phi) is 4.81. The van der Waals surface area contributed by atoms with Crippen LogP contribution in [0.1, 0.15) is 32.1 Å². The lowest BCUT2D eigenvalue weighted by molar-refractivity contribution is -0.141. The van der Waals surface area contributed by atoms with Gasteiger partial charge in [0, 0.05) is 30.2 Å². The van der Waals surface area contributed by atoms with Crippen LogP contribution in [0.3, 0.4) is 0 Å². The van der Waals surface area contributed by atoms with Crippen LogP contribution in [0.15, 0.2) is 18.5 Å². The third-order valence-corrected chi connectivity index (χ3v) is 3.49. The second-order valence-electron chi connectivity index (χ2n) is 5.39. The quantitative estimate of drug-likeness (QED) is 0.618. The van der Waals surface area contributed by atoms with Gasteiger partial charge in [0.1, 0.15) is 6.54 Å². The van der Waals surface area contributed by atoms with Gasteiger partial charge in [-0.05, 0) is 19.9 Å². The van der Waals surface area contributed by atoms with Gasteiger partial charge in [-0.3, -0.25) is 9.48 Å². The molecule has 0 bridgehead atoms. The molecule has 9 heteroatoms. The van der Waals surface area contributed by atoms with Gasteiger partial charge in [0.2, 0.25) is 5.78 Å². The number of hydrogen-bond acceptors (Lipinski definition) is 4. The molecule has 0 amide bonds. The van der Waals surface area contributed by atoms with Crippen molar-refractivity contribution in [3.63, 3.8) is 0 Å². The number of ether oxygens (including phenoxy) is 1. The van der Waals surface area contributed by atoms with Gasteiger partial charge in [0.25, 0.3) is 0 Å². The summed E-state index contributed by atoms with van der Waals surface area (Å²) in [6.07, 6.45) is -1.66. The van der Waals surface area contributed by atoms with E-state index in [0.29, 0.717) is 5.69 Å². The van der Waals surface area contributed by atoms with Crippen molar-refractivity contribution < 1.29 is 27.5 Å². The number of esters is 1. The molecule has 2 aromatic rings. The Hall–Kier alpha value is -2.58. The fourth-order valence-corrected chi connectivity index (χ4v) is 2.32. The molecule has 130 valence electrons. The van der Waals surface area contributed by atoms with Gasteiger partial charge >= 0.3 is 12.1 Å². The molecule has 0 unspecified atom stereocenters. The van der Waals surface area contributed by atoms with E-state index in [2.05, 4.69) is 5.10 Å². The van der Waals surface area contributed by atoms with E-state index in [1.165, 1.54) is 37.0 Å². The molecule has 0 N–H and O–H groups in total. The van der Waals surface area contributed by atoms with Gasteiger partial charge in [-0.1, -0.05) is 0 Å². The standard InChI is InChI=1S/C15H16F3N3O3/c1-9-4-12(10(2)21(9)8-15(16,17)18)13(22)7-24-14(23)11-5-19-20(3)6-11/h4-6H,7-8H2,1-3H3. The Morgan fingerprint density at radius 1 is 1.29 bits per heavy atom. The monoisotopic (exact) mass is 343 g/mol. The number of hydrogen-bond donors (Lipinski definition) is 0. The second kappa shape index (κ2) is 6.50. The Morgan fingerprint density at radius 2 is 1.96 bits per heavy atom. The van der Waals surface area contributed by atoms with Crippen LogP contribution in [-0.4, -0.2) is 38.9 Å². The van der Waals surface area contributed by atoms with Gasteiger partial charge < -0.3 is 9.30 Å². The maximum Gasteiger partial charge on any atom is 0.406 e. The third kappa shape index (κ3) is 4.03. The van der Waals surface area contributed by atoms with E-state index in [1.54, 1.807) is 7.05 Å². The number of nitrogens with zero attached hydrogens (tertiary/aromatic N) is 3. The first-order chi connectivity index (χ1) is 11.1. The summed E-state index contributed by atoms with van der Waals surface area (Å²) in [5.74, 6) is -1.28. The van der Waals surface area contributed by atoms with E-state index in [0.717, 1.165) is 4.57 Å². The van der Waals surface area contributed by atoms with Gasteiger partial charge in [-0.25, -0.2) is 4.79 Å². The predicted molar refractivity (Wildman–Crippen MR) is 77.8 cm³/mol. The zero-order chi connectivity index (χ0) is 18.1. The van der Waals surface area contributed by atoms with Crippen molar-refractivity contribution in [3.8, 4) is 0 Å². The Labute approximate surface area is 135 Å². The molecule has 0 fully saturated rings. The highest BCUT2D eigenvalue weighted by molar-refractivity contribution is 6.00. The number of rotatable bonds is 5. The van der Waals surface area contributed by atoms with Crippen molar-refractivity contribution in [1.29, 1.82) is 0 Å². The minimum atomic E-state index is -4.39. The predicted octanol–water partition coefficient (Wildman–Crippen LogP) is 2.44. The van der Waals surface area contributed by atoms with Crippen LogP contribution >= 0.6 is 0 Å². The molecule has 0 aliphatic heterocycles. The number of halogens is 3. The molecular weight excluding hydrogens is 327 g/mol. The fraction of sp³-hybridized carbons (Fsp3) is 0.400. The van der Waals surface area contributed by atoms with Crippen LogP contribution in [-0.2, 0) is 18.3 Å². The SMILES string of the molecule is Cc1cc(C(=O)COC(=O)c2cnn(C)c2)c(C)n1CC(F)(F)F. The number of aromatic nitrogens is 3. The Balaban J connectivity index is 2.07. The fourth-order valence-electron chi connectivity index (χ4n) is 2.32. The number of aryl methyl sites for hydroxylation is 2. The number of carbonyl (C=O) groups is 2. The van der Waals surface area contributed by atoms with Crippen LogP contribution < -0.4 is 0 Å². The van der Waals surface area contributed by atoms with Crippen molar-refractivity contribution in [2.24, 2.45) is 7.05 Å². The lowest BCUT2D eigenvalue weighted by atomic mass is 10.1. The van der Waals surface area contributed by atoms with Gasteiger partial charge in [0.05, 0.1) is 11.8 Å². The summed E-state index contributed by atoms with van der Waals surface area (Å²) in [5, 5.41) is 3.81. The van der Waals surface area contributed by atoms with Crippen molar-refractivity contribution in [2.45, 2.75) is 26.6 Å². The number of carbonyl (C=O) groups excluding carboxylic acids is 2. The second-order valence-corrected chi connectivity index (χ2v) is 5.39. The zero-order valence-electron chi connectivity index (χ0n) is 13.3. The van der Waals surface area contributed by atoms with E-state index in [1.807, 2.05) is 0 Å². The molecule has 2 heterocycles. The average molecular weight is 343 g/mol. The molecular formula is C15H16F3N3O3. The highest BCUT2D eigenvalue weighted by Gasteiger charge is 2.30.